The summed E-state index contributed by atoms with van der Waals surface area (Å²) in [7, 11) is 0. The Hall–Kier alpha value is -2.27. The number of rotatable bonds is 4. The highest BCUT2D eigenvalue weighted by Gasteiger charge is 2.02. The van der Waals surface area contributed by atoms with Gasteiger partial charge in [0.2, 0.25) is 0 Å². The number of fused-ring (bicyclic) bond motifs is 1. The Kier molecular flexibility index (Phi) is 4.20. The van der Waals surface area contributed by atoms with Gasteiger partial charge in [-0.15, -0.1) is 0 Å². The van der Waals surface area contributed by atoms with Gasteiger partial charge in [-0.3, -0.25) is 0 Å². The number of aliphatic hydroxyl groups excluding tert-OH is 1. The van der Waals surface area contributed by atoms with E-state index in [9.17, 15) is 0 Å². The second kappa shape index (κ2) is 6.06. The van der Waals surface area contributed by atoms with Crippen LogP contribution in [0.3, 0.4) is 0 Å². The molecule has 0 aromatic heterocycles. The number of nitrogens with two attached hydrogens (primary N) is 1. The second-order valence-corrected chi connectivity index (χ2v) is 4.51. The van der Waals surface area contributed by atoms with Crippen molar-refractivity contribution in [2.75, 3.05) is 11.9 Å². The van der Waals surface area contributed by atoms with Crippen molar-refractivity contribution in [3.05, 3.63) is 54.5 Å². The lowest BCUT2D eigenvalue weighted by molar-refractivity contribution is 0.461. The molecule has 0 spiro atoms. The molecule has 0 aliphatic rings. The van der Waals surface area contributed by atoms with Crippen LogP contribution in [0.4, 0.5) is 5.69 Å². The van der Waals surface area contributed by atoms with Crippen molar-refractivity contribution in [2.24, 2.45) is 5.73 Å². The summed E-state index contributed by atoms with van der Waals surface area (Å²) < 4.78 is 0. The molecule has 4 nitrogen and oxygen atoms in total. The lowest BCUT2D eigenvalue weighted by atomic mass is 10.1. The third kappa shape index (κ3) is 3.35. The fourth-order valence-corrected chi connectivity index (χ4v) is 1.94. The normalized spacial score (nSPS) is 11.3. The van der Waals surface area contributed by atoms with Gasteiger partial charge in [0.15, 0.2) is 0 Å². The zero-order chi connectivity index (χ0) is 13.7. The van der Waals surface area contributed by atoms with Gasteiger partial charge in [0, 0.05) is 11.1 Å². The number of anilines is 1. The van der Waals surface area contributed by atoms with Crippen LogP contribution in [0.15, 0.2) is 54.5 Å². The molecule has 0 unspecified atom stereocenters. The molecule has 2 aromatic carbocycles. The van der Waals surface area contributed by atoms with E-state index in [4.69, 9.17) is 23.1 Å². The first-order valence-corrected chi connectivity index (χ1v) is 6.23. The standard InChI is InChI=1S/C14H15N3OS/c15-13(9-18)16-8-14(19)17-12-7-3-5-10-4-1-2-6-11(10)12/h1-7,9,16,18H,8,15H2,(H,17,19)/b13-9+. The molecule has 2 rings (SSSR count). The highest BCUT2D eigenvalue weighted by molar-refractivity contribution is 7.80. The number of nitrogens with one attached hydrogen (secondary N) is 2. The van der Waals surface area contributed by atoms with E-state index in [2.05, 4.69) is 10.6 Å². The van der Waals surface area contributed by atoms with Gasteiger partial charge in [-0.05, 0) is 11.5 Å². The van der Waals surface area contributed by atoms with Gasteiger partial charge >= 0.3 is 0 Å². The van der Waals surface area contributed by atoms with Gasteiger partial charge in [0.25, 0.3) is 0 Å². The Labute approximate surface area is 116 Å². The van der Waals surface area contributed by atoms with Crippen molar-refractivity contribution < 1.29 is 5.11 Å². The van der Waals surface area contributed by atoms with Gasteiger partial charge in [0.05, 0.1) is 11.5 Å². The monoisotopic (exact) mass is 273 g/mol. The first kappa shape index (κ1) is 13.2. The third-order valence-electron chi connectivity index (χ3n) is 2.66. The molecular formula is C14H15N3OS. The highest BCUT2D eigenvalue weighted by Crippen LogP contribution is 2.22. The molecule has 0 atom stereocenters. The quantitative estimate of drug-likeness (QED) is 0.509. The fraction of sp³-hybridized carbons (Fsp3) is 0.0714. The molecular weight excluding hydrogens is 258 g/mol. The summed E-state index contributed by atoms with van der Waals surface area (Å²) in [5.41, 5.74) is 6.37. The van der Waals surface area contributed by atoms with E-state index in [1.165, 1.54) is 0 Å². The van der Waals surface area contributed by atoms with Gasteiger partial charge in [0.1, 0.15) is 12.1 Å². The van der Waals surface area contributed by atoms with E-state index in [1.807, 2.05) is 42.5 Å². The summed E-state index contributed by atoms with van der Waals surface area (Å²) in [6, 6.07) is 14.1. The molecule has 5 N–H and O–H groups in total. The van der Waals surface area contributed by atoms with Crippen LogP contribution in [0.5, 0.6) is 0 Å². The topological polar surface area (TPSA) is 70.3 Å². The molecule has 0 aliphatic heterocycles. The van der Waals surface area contributed by atoms with Crippen molar-refractivity contribution in [3.63, 3.8) is 0 Å². The SMILES string of the molecule is N/C(=C\O)NCC(=S)Nc1cccc2ccccc12. The molecule has 0 fully saturated rings. The average Bonchev–Trinajstić information content (AvgIpc) is 2.45. The van der Waals surface area contributed by atoms with E-state index >= 15 is 0 Å². The van der Waals surface area contributed by atoms with Crippen molar-refractivity contribution in [2.45, 2.75) is 0 Å². The predicted octanol–water partition coefficient (Wildman–Crippen LogP) is 2.48. The molecule has 2 aromatic rings. The van der Waals surface area contributed by atoms with E-state index < -0.39 is 0 Å². The summed E-state index contributed by atoms with van der Waals surface area (Å²) in [5, 5.41) is 16.9. The number of hydrogen-bond acceptors (Lipinski definition) is 4. The first-order valence-electron chi connectivity index (χ1n) is 5.82. The number of thiocarbonyl (C=S) groups is 1. The van der Waals surface area contributed by atoms with Crippen molar-refractivity contribution in [3.8, 4) is 0 Å². The molecule has 0 amide bonds. The number of aliphatic hydroxyl groups is 1. The smallest absolute Gasteiger partial charge is 0.132 e. The van der Waals surface area contributed by atoms with Crippen LogP contribution < -0.4 is 16.4 Å². The fourth-order valence-electron chi connectivity index (χ4n) is 1.76. The highest BCUT2D eigenvalue weighted by atomic mass is 32.1. The van der Waals surface area contributed by atoms with Gasteiger partial charge in [-0.1, -0.05) is 48.6 Å². The van der Waals surface area contributed by atoms with Crippen LogP contribution in [0, 0.1) is 0 Å². The van der Waals surface area contributed by atoms with E-state index in [1.54, 1.807) is 0 Å². The molecule has 5 heteroatoms. The number of hydrogen-bond donors (Lipinski definition) is 4. The van der Waals surface area contributed by atoms with E-state index in [0.29, 0.717) is 11.5 Å². The van der Waals surface area contributed by atoms with Crippen molar-refractivity contribution in [1.29, 1.82) is 0 Å². The maximum absolute atomic E-state index is 8.67. The van der Waals surface area contributed by atoms with E-state index in [-0.39, 0.29) is 5.82 Å². The first-order chi connectivity index (χ1) is 9.20. The molecule has 0 radical (unpaired) electrons. The van der Waals surface area contributed by atoms with Crippen molar-refractivity contribution in [1.82, 2.24) is 5.32 Å². The summed E-state index contributed by atoms with van der Waals surface area (Å²) in [4.78, 5) is 0.598. The summed E-state index contributed by atoms with van der Waals surface area (Å²) in [6.45, 7) is 0.363. The Morgan fingerprint density at radius 2 is 1.95 bits per heavy atom. The van der Waals surface area contributed by atoms with Crippen LogP contribution in [0.25, 0.3) is 10.8 Å². The van der Waals surface area contributed by atoms with E-state index in [0.717, 1.165) is 22.7 Å². The van der Waals surface area contributed by atoms with Gasteiger partial charge < -0.3 is 21.5 Å². The lowest BCUT2D eigenvalue weighted by Crippen LogP contribution is -2.29. The Morgan fingerprint density at radius 1 is 1.21 bits per heavy atom. The predicted molar refractivity (Wildman–Crippen MR) is 83.1 cm³/mol. The number of benzene rings is 2. The van der Waals surface area contributed by atoms with Gasteiger partial charge in [-0.25, -0.2) is 0 Å². The van der Waals surface area contributed by atoms with Crippen LogP contribution in [0.1, 0.15) is 0 Å². The Morgan fingerprint density at radius 3 is 2.74 bits per heavy atom. The van der Waals surface area contributed by atoms with Crippen LogP contribution in [-0.4, -0.2) is 16.6 Å². The minimum absolute atomic E-state index is 0.182. The zero-order valence-electron chi connectivity index (χ0n) is 10.3. The summed E-state index contributed by atoms with van der Waals surface area (Å²) in [5.74, 6) is 0.182. The maximum Gasteiger partial charge on any atom is 0.132 e. The minimum atomic E-state index is 0.182. The van der Waals surface area contributed by atoms with Crippen LogP contribution in [0.2, 0.25) is 0 Å². The Balaban J connectivity index is 2.11. The molecule has 98 valence electrons. The Bertz CT molecular complexity index is 620. The maximum atomic E-state index is 8.67. The largest absolute Gasteiger partial charge is 0.512 e. The minimum Gasteiger partial charge on any atom is -0.512 e. The molecule has 19 heavy (non-hydrogen) atoms. The molecule has 0 aliphatic carbocycles. The molecule has 0 heterocycles. The second-order valence-electron chi connectivity index (χ2n) is 4.01. The van der Waals surface area contributed by atoms with Crippen LogP contribution in [-0.2, 0) is 0 Å². The summed E-state index contributed by atoms with van der Waals surface area (Å²) in [6.07, 6.45) is 0.806. The van der Waals surface area contributed by atoms with Gasteiger partial charge in [-0.2, -0.15) is 0 Å². The van der Waals surface area contributed by atoms with Crippen LogP contribution >= 0.6 is 12.2 Å². The summed E-state index contributed by atoms with van der Waals surface area (Å²) >= 11 is 5.23. The average molecular weight is 273 g/mol. The molecule has 0 saturated carbocycles. The zero-order valence-corrected chi connectivity index (χ0v) is 11.1. The van der Waals surface area contributed by atoms with Crippen molar-refractivity contribution >= 4 is 33.7 Å². The lowest BCUT2D eigenvalue weighted by Gasteiger charge is -2.12. The molecule has 0 saturated heterocycles. The molecule has 0 bridgehead atoms. The third-order valence-corrected chi connectivity index (χ3v) is 2.90.